The normalized spacial score (nSPS) is 10.5. The molecule has 2 aromatic rings. The van der Waals surface area contributed by atoms with E-state index in [2.05, 4.69) is 52.1 Å². The van der Waals surface area contributed by atoms with Crippen molar-refractivity contribution >= 4 is 27.3 Å². The van der Waals surface area contributed by atoms with E-state index in [-0.39, 0.29) is 0 Å². The Balaban J connectivity index is 2.02. The SMILES string of the molecule is Cc1sc(Br)nc1CCc1ccccc1. The highest BCUT2D eigenvalue weighted by Gasteiger charge is 2.05. The van der Waals surface area contributed by atoms with E-state index in [9.17, 15) is 0 Å². The van der Waals surface area contributed by atoms with Crippen LogP contribution < -0.4 is 0 Å². The van der Waals surface area contributed by atoms with E-state index in [0.717, 1.165) is 16.8 Å². The van der Waals surface area contributed by atoms with Crippen LogP contribution in [0.3, 0.4) is 0 Å². The third kappa shape index (κ3) is 2.89. The Hall–Kier alpha value is -0.670. The van der Waals surface area contributed by atoms with Crippen LogP contribution in [0.15, 0.2) is 34.2 Å². The average Bonchev–Trinajstić information content (AvgIpc) is 2.56. The Kier molecular flexibility index (Phi) is 3.54. The molecule has 0 bridgehead atoms. The molecule has 0 aliphatic carbocycles. The van der Waals surface area contributed by atoms with Crippen molar-refractivity contribution in [3.8, 4) is 0 Å². The second kappa shape index (κ2) is 4.90. The molecular formula is C12H12BrNS. The van der Waals surface area contributed by atoms with Crippen LogP contribution in [0, 0.1) is 6.92 Å². The molecule has 3 heteroatoms. The molecule has 0 spiro atoms. The first-order chi connectivity index (χ1) is 7.25. The fourth-order valence-electron chi connectivity index (χ4n) is 1.53. The van der Waals surface area contributed by atoms with E-state index in [4.69, 9.17) is 0 Å². The minimum atomic E-state index is 0.989. The molecule has 15 heavy (non-hydrogen) atoms. The van der Waals surface area contributed by atoms with Gasteiger partial charge in [-0.1, -0.05) is 30.3 Å². The molecule has 0 fully saturated rings. The number of hydrogen-bond donors (Lipinski definition) is 0. The van der Waals surface area contributed by atoms with Gasteiger partial charge in [0, 0.05) is 4.88 Å². The van der Waals surface area contributed by atoms with Gasteiger partial charge in [-0.15, -0.1) is 11.3 Å². The summed E-state index contributed by atoms with van der Waals surface area (Å²) in [5, 5.41) is 0. The lowest BCUT2D eigenvalue weighted by Gasteiger charge is -1.99. The minimum Gasteiger partial charge on any atom is -0.234 e. The zero-order chi connectivity index (χ0) is 10.7. The van der Waals surface area contributed by atoms with Crippen molar-refractivity contribution in [3.05, 3.63) is 50.4 Å². The van der Waals surface area contributed by atoms with Gasteiger partial charge in [0.1, 0.15) is 0 Å². The first-order valence-electron chi connectivity index (χ1n) is 4.91. The molecule has 0 aliphatic heterocycles. The van der Waals surface area contributed by atoms with E-state index in [1.165, 1.54) is 16.1 Å². The lowest BCUT2D eigenvalue weighted by atomic mass is 10.1. The van der Waals surface area contributed by atoms with Crippen molar-refractivity contribution in [3.63, 3.8) is 0 Å². The highest BCUT2D eigenvalue weighted by molar-refractivity contribution is 9.11. The van der Waals surface area contributed by atoms with E-state index in [0.29, 0.717) is 0 Å². The van der Waals surface area contributed by atoms with Crippen molar-refractivity contribution < 1.29 is 0 Å². The third-order valence-electron chi connectivity index (χ3n) is 2.36. The van der Waals surface area contributed by atoms with Gasteiger partial charge < -0.3 is 0 Å². The summed E-state index contributed by atoms with van der Waals surface area (Å²) in [5.74, 6) is 0. The molecule has 1 nitrogen and oxygen atoms in total. The summed E-state index contributed by atoms with van der Waals surface area (Å²) in [7, 11) is 0. The fourth-order valence-corrected chi connectivity index (χ4v) is 3.15. The van der Waals surface area contributed by atoms with Crippen molar-refractivity contribution in [1.82, 2.24) is 4.98 Å². The first-order valence-corrected chi connectivity index (χ1v) is 6.52. The summed E-state index contributed by atoms with van der Waals surface area (Å²) in [6.07, 6.45) is 2.09. The minimum absolute atomic E-state index is 0.989. The number of hydrogen-bond acceptors (Lipinski definition) is 2. The van der Waals surface area contributed by atoms with Crippen LogP contribution in [0.5, 0.6) is 0 Å². The number of nitrogens with zero attached hydrogens (tertiary/aromatic N) is 1. The molecular weight excluding hydrogens is 270 g/mol. The molecule has 2 rings (SSSR count). The summed E-state index contributed by atoms with van der Waals surface area (Å²) in [6, 6.07) is 10.5. The number of aromatic nitrogens is 1. The predicted molar refractivity (Wildman–Crippen MR) is 68.4 cm³/mol. The zero-order valence-corrected chi connectivity index (χ0v) is 10.9. The summed E-state index contributed by atoms with van der Waals surface area (Å²) >= 11 is 5.13. The van der Waals surface area contributed by atoms with Gasteiger partial charge in [0.15, 0.2) is 3.92 Å². The molecule has 0 N–H and O–H groups in total. The number of rotatable bonds is 3. The van der Waals surface area contributed by atoms with Crippen LogP contribution in [0.25, 0.3) is 0 Å². The number of aryl methyl sites for hydroxylation is 3. The second-order valence-corrected chi connectivity index (χ2v) is 5.93. The molecule has 1 aromatic carbocycles. The highest BCUT2D eigenvalue weighted by Crippen LogP contribution is 2.23. The van der Waals surface area contributed by atoms with Gasteiger partial charge in [-0.3, -0.25) is 0 Å². The summed E-state index contributed by atoms with van der Waals surface area (Å²) < 4.78 is 0.989. The van der Waals surface area contributed by atoms with E-state index in [1.54, 1.807) is 11.3 Å². The van der Waals surface area contributed by atoms with Crippen LogP contribution in [0.1, 0.15) is 16.1 Å². The van der Waals surface area contributed by atoms with Crippen molar-refractivity contribution in [2.24, 2.45) is 0 Å². The van der Waals surface area contributed by atoms with E-state index < -0.39 is 0 Å². The lowest BCUT2D eigenvalue weighted by Crippen LogP contribution is -1.92. The van der Waals surface area contributed by atoms with Crippen molar-refractivity contribution in [2.45, 2.75) is 19.8 Å². The molecule has 0 amide bonds. The van der Waals surface area contributed by atoms with Crippen LogP contribution in [0.4, 0.5) is 0 Å². The van der Waals surface area contributed by atoms with Crippen LogP contribution in [0.2, 0.25) is 0 Å². The average molecular weight is 282 g/mol. The van der Waals surface area contributed by atoms with Gasteiger partial charge in [-0.2, -0.15) is 0 Å². The van der Waals surface area contributed by atoms with E-state index >= 15 is 0 Å². The highest BCUT2D eigenvalue weighted by atomic mass is 79.9. The smallest absolute Gasteiger partial charge is 0.159 e. The van der Waals surface area contributed by atoms with Crippen molar-refractivity contribution in [2.75, 3.05) is 0 Å². The molecule has 0 radical (unpaired) electrons. The maximum absolute atomic E-state index is 4.46. The summed E-state index contributed by atoms with van der Waals surface area (Å²) in [5.41, 5.74) is 2.59. The lowest BCUT2D eigenvalue weighted by molar-refractivity contribution is 0.913. The molecule has 1 heterocycles. The van der Waals surface area contributed by atoms with Crippen LogP contribution >= 0.6 is 27.3 Å². The number of benzene rings is 1. The number of thiazole rings is 1. The quantitative estimate of drug-likeness (QED) is 0.829. The third-order valence-corrected chi connectivity index (χ3v) is 3.82. The van der Waals surface area contributed by atoms with Gasteiger partial charge in [-0.05, 0) is 41.3 Å². The van der Waals surface area contributed by atoms with E-state index in [1.807, 2.05) is 6.07 Å². The first kappa shape index (κ1) is 10.8. The standard InChI is InChI=1S/C12H12BrNS/c1-9-11(14-12(13)15-9)8-7-10-5-3-2-4-6-10/h2-6H,7-8H2,1H3. The topological polar surface area (TPSA) is 12.9 Å². The Morgan fingerprint density at radius 2 is 1.93 bits per heavy atom. The van der Waals surface area contributed by atoms with Gasteiger partial charge >= 0.3 is 0 Å². The van der Waals surface area contributed by atoms with Crippen molar-refractivity contribution in [1.29, 1.82) is 0 Å². The monoisotopic (exact) mass is 281 g/mol. The van der Waals surface area contributed by atoms with Gasteiger partial charge in [-0.25, -0.2) is 4.98 Å². The maximum Gasteiger partial charge on any atom is 0.159 e. The Morgan fingerprint density at radius 1 is 1.20 bits per heavy atom. The molecule has 0 atom stereocenters. The van der Waals surface area contributed by atoms with Crippen LogP contribution in [-0.2, 0) is 12.8 Å². The summed E-state index contributed by atoms with van der Waals surface area (Å²) in [4.78, 5) is 5.78. The largest absolute Gasteiger partial charge is 0.234 e. The molecule has 0 saturated heterocycles. The molecule has 0 aliphatic rings. The predicted octanol–water partition coefficient (Wildman–Crippen LogP) is 4.00. The summed E-state index contributed by atoms with van der Waals surface area (Å²) in [6.45, 7) is 2.13. The zero-order valence-electron chi connectivity index (χ0n) is 8.53. The molecule has 78 valence electrons. The van der Waals surface area contributed by atoms with Gasteiger partial charge in [0.2, 0.25) is 0 Å². The van der Waals surface area contributed by atoms with Gasteiger partial charge in [0.05, 0.1) is 5.69 Å². The molecule has 1 aromatic heterocycles. The van der Waals surface area contributed by atoms with Gasteiger partial charge in [0.25, 0.3) is 0 Å². The number of halogens is 1. The Bertz CT molecular complexity index is 436. The molecule has 0 unspecified atom stereocenters. The molecule has 0 saturated carbocycles. The maximum atomic E-state index is 4.46. The Morgan fingerprint density at radius 3 is 2.53 bits per heavy atom. The Labute approximate surface area is 102 Å². The second-order valence-electron chi connectivity index (χ2n) is 3.46. The fraction of sp³-hybridized carbons (Fsp3) is 0.250. The van der Waals surface area contributed by atoms with Crippen LogP contribution in [-0.4, -0.2) is 4.98 Å².